The molecule has 5 rings (SSSR count). The second kappa shape index (κ2) is 8.17. The molecule has 1 amide bonds. The topological polar surface area (TPSA) is 53.9 Å². The summed E-state index contributed by atoms with van der Waals surface area (Å²) in [5.74, 6) is 0.276. The van der Waals surface area contributed by atoms with Crippen LogP contribution in [0.2, 0.25) is 5.02 Å². The number of fused-ring (bicyclic) bond motifs is 2. The number of anilines is 1. The maximum absolute atomic E-state index is 12.6. The van der Waals surface area contributed by atoms with Crippen molar-refractivity contribution >= 4 is 50.6 Å². The van der Waals surface area contributed by atoms with Crippen LogP contribution in [-0.2, 0) is 9.53 Å². The van der Waals surface area contributed by atoms with E-state index >= 15 is 0 Å². The zero-order valence-electron chi connectivity index (χ0n) is 17.7. The largest absolute Gasteiger partial charge is 0.448 e. The molecule has 2 atom stereocenters. The van der Waals surface area contributed by atoms with Crippen molar-refractivity contribution in [2.75, 3.05) is 5.32 Å². The van der Waals surface area contributed by atoms with Crippen molar-refractivity contribution in [2.24, 2.45) is 5.10 Å². The quantitative estimate of drug-likeness (QED) is 0.374. The van der Waals surface area contributed by atoms with Gasteiger partial charge in [-0.2, -0.15) is 5.01 Å². The predicted octanol–water partition coefficient (Wildman–Crippen LogP) is 6.34. The highest BCUT2D eigenvalue weighted by atomic mass is 35.5. The summed E-state index contributed by atoms with van der Waals surface area (Å²) in [5, 5.41) is 14.3. The van der Waals surface area contributed by atoms with Crippen LogP contribution in [0.1, 0.15) is 25.6 Å². The molecule has 0 fully saturated rings. The first-order chi connectivity index (χ1) is 15.5. The number of hydrazone groups is 1. The smallest absolute Gasteiger partial charge is 0.243 e. The summed E-state index contributed by atoms with van der Waals surface area (Å²) in [5.41, 5.74) is 1.83. The van der Waals surface area contributed by atoms with Gasteiger partial charge in [0.1, 0.15) is 6.04 Å². The highest BCUT2D eigenvalue weighted by molar-refractivity contribution is 6.30. The van der Waals surface area contributed by atoms with E-state index in [9.17, 15) is 4.79 Å². The average molecular weight is 444 g/mol. The monoisotopic (exact) mass is 443 g/mol. The second-order valence-corrected chi connectivity index (χ2v) is 8.31. The molecule has 0 aromatic heterocycles. The molecule has 0 radical (unpaired) electrons. The Morgan fingerprint density at radius 3 is 2.19 bits per heavy atom. The van der Waals surface area contributed by atoms with Crippen molar-refractivity contribution in [3.8, 4) is 0 Å². The highest BCUT2D eigenvalue weighted by Gasteiger charge is 2.36. The minimum absolute atomic E-state index is 0.180. The first-order valence-corrected chi connectivity index (χ1v) is 10.9. The second-order valence-electron chi connectivity index (χ2n) is 7.88. The summed E-state index contributed by atoms with van der Waals surface area (Å²) in [6.45, 7) is 3.46. The number of carbonyl (C=O) groups excluding carboxylic acids is 1. The molecular weight excluding hydrogens is 422 g/mol. The zero-order chi connectivity index (χ0) is 22.2. The molecule has 0 spiro atoms. The van der Waals surface area contributed by atoms with Gasteiger partial charge in [-0.1, -0.05) is 60.1 Å². The number of nitrogens with zero attached hydrogens (tertiary/aromatic N) is 2. The van der Waals surface area contributed by atoms with E-state index in [1.807, 2.05) is 55.5 Å². The van der Waals surface area contributed by atoms with Crippen LogP contribution in [0.3, 0.4) is 0 Å². The number of rotatable bonds is 4. The number of carbonyl (C=O) groups is 1. The third-order valence-corrected chi connectivity index (χ3v) is 5.89. The number of ether oxygens (including phenoxy) is 1. The molecule has 1 aliphatic rings. The van der Waals surface area contributed by atoms with Crippen LogP contribution in [-0.4, -0.2) is 22.9 Å². The molecule has 4 aromatic rings. The first kappa shape index (κ1) is 20.3. The van der Waals surface area contributed by atoms with E-state index in [2.05, 4.69) is 40.8 Å². The van der Waals surface area contributed by atoms with Crippen LogP contribution in [0.25, 0.3) is 21.5 Å². The molecule has 5 nitrogen and oxygen atoms in total. The summed E-state index contributed by atoms with van der Waals surface area (Å²) >= 11 is 5.99. The minimum Gasteiger partial charge on any atom is -0.448 e. The Kier molecular flexibility index (Phi) is 5.19. The van der Waals surface area contributed by atoms with Crippen LogP contribution in [0.4, 0.5) is 5.69 Å². The number of halogens is 1. The van der Waals surface area contributed by atoms with Gasteiger partial charge in [0.25, 0.3) is 0 Å². The Morgan fingerprint density at radius 2 is 1.59 bits per heavy atom. The summed E-state index contributed by atoms with van der Waals surface area (Å²) in [7, 11) is 0. The first-order valence-electron chi connectivity index (χ1n) is 10.5. The molecule has 0 bridgehead atoms. The van der Waals surface area contributed by atoms with Gasteiger partial charge in [-0.25, -0.2) is 0 Å². The molecule has 0 saturated carbocycles. The van der Waals surface area contributed by atoms with Crippen molar-refractivity contribution < 1.29 is 9.53 Å². The Labute approximate surface area is 191 Å². The van der Waals surface area contributed by atoms with E-state index < -0.39 is 6.23 Å². The third-order valence-electron chi connectivity index (χ3n) is 5.64. The standard InChI is InChI=1S/C26H22ClN3O2/c1-16(28-21-13-11-20(27)12-14-21)25-29-30(17(2)31)26(32-25)24-22-9-5-3-7-18(22)15-19-8-4-6-10-23(19)24/h3-16,26,28H,1-2H3/t16-,26-/m0/s1. The Hall–Kier alpha value is -3.57. The van der Waals surface area contributed by atoms with Gasteiger partial charge in [-0.05, 0) is 58.8 Å². The summed E-state index contributed by atoms with van der Waals surface area (Å²) in [6, 6.07) is 25.6. The third kappa shape index (κ3) is 3.65. The van der Waals surface area contributed by atoms with E-state index in [0.29, 0.717) is 10.9 Å². The van der Waals surface area contributed by atoms with Gasteiger partial charge in [0.15, 0.2) is 0 Å². The molecule has 6 heteroatoms. The Morgan fingerprint density at radius 1 is 1.00 bits per heavy atom. The summed E-state index contributed by atoms with van der Waals surface area (Å²) < 4.78 is 6.36. The molecule has 160 valence electrons. The molecule has 0 saturated heterocycles. The predicted molar refractivity (Wildman–Crippen MR) is 130 cm³/mol. The fourth-order valence-electron chi connectivity index (χ4n) is 4.12. The lowest BCUT2D eigenvalue weighted by Crippen LogP contribution is -2.27. The van der Waals surface area contributed by atoms with Gasteiger partial charge >= 0.3 is 0 Å². The van der Waals surface area contributed by atoms with Crippen LogP contribution in [0.15, 0.2) is 84.0 Å². The fourth-order valence-corrected chi connectivity index (χ4v) is 4.25. The van der Waals surface area contributed by atoms with Crippen molar-refractivity contribution in [1.29, 1.82) is 0 Å². The van der Waals surface area contributed by atoms with Gasteiger partial charge in [-0.3, -0.25) is 4.79 Å². The maximum Gasteiger partial charge on any atom is 0.243 e. The lowest BCUT2D eigenvalue weighted by Gasteiger charge is -2.23. The lowest BCUT2D eigenvalue weighted by molar-refractivity contribution is -0.135. The van der Waals surface area contributed by atoms with Crippen LogP contribution in [0.5, 0.6) is 0 Å². The van der Waals surface area contributed by atoms with Gasteiger partial charge in [0.2, 0.25) is 18.0 Å². The summed E-state index contributed by atoms with van der Waals surface area (Å²) in [4.78, 5) is 12.6. The van der Waals surface area contributed by atoms with Crippen LogP contribution in [0, 0.1) is 0 Å². The van der Waals surface area contributed by atoms with E-state index in [4.69, 9.17) is 16.3 Å². The number of hydrogen-bond donors (Lipinski definition) is 1. The minimum atomic E-state index is -0.645. The van der Waals surface area contributed by atoms with Gasteiger partial charge < -0.3 is 10.1 Å². The number of nitrogens with one attached hydrogen (secondary N) is 1. The molecule has 32 heavy (non-hydrogen) atoms. The molecule has 1 N–H and O–H groups in total. The van der Waals surface area contributed by atoms with E-state index in [1.54, 1.807) is 0 Å². The van der Waals surface area contributed by atoms with Crippen molar-refractivity contribution in [1.82, 2.24) is 5.01 Å². The Balaban J connectivity index is 1.56. The number of benzene rings is 4. The van der Waals surface area contributed by atoms with Crippen LogP contribution < -0.4 is 5.32 Å². The van der Waals surface area contributed by atoms with Gasteiger partial charge in [0.05, 0.1) is 0 Å². The van der Waals surface area contributed by atoms with E-state index in [1.165, 1.54) is 11.9 Å². The number of hydrogen-bond acceptors (Lipinski definition) is 4. The molecule has 0 unspecified atom stereocenters. The van der Waals surface area contributed by atoms with Gasteiger partial charge in [0, 0.05) is 23.2 Å². The summed E-state index contributed by atoms with van der Waals surface area (Å²) in [6.07, 6.45) is -0.645. The molecule has 4 aromatic carbocycles. The Bertz CT molecular complexity index is 1300. The van der Waals surface area contributed by atoms with Gasteiger partial charge in [-0.15, -0.1) is 5.10 Å². The van der Waals surface area contributed by atoms with E-state index in [-0.39, 0.29) is 11.9 Å². The van der Waals surface area contributed by atoms with Crippen molar-refractivity contribution in [3.05, 3.63) is 89.4 Å². The van der Waals surface area contributed by atoms with Crippen molar-refractivity contribution in [2.45, 2.75) is 26.1 Å². The van der Waals surface area contributed by atoms with Crippen molar-refractivity contribution in [3.63, 3.8) is 0 Å². The zero-order valence-corrected chi connectivity index (χ0v) is 18.5. The lowest BCUT2D eigenvalue weighted by atomic mass is 9.95. The average Bonchev–Trinajstić information content (AvgIpc) is 3.24. The molecule has 1 aliphatic heterocycles. The van der Waals surface area contributed by atoms with Crippen LogP contribution >= 0.6 is 11.6 Å². The molecule has 0 aliphatic carbocycles. The van der Waals surface area contributed by atoms with E-state index in [0.717, 1.165) is 32.8 Å². The fraction of sp³-hybridized carbons (Fsp3) is 0.154. The number of amides is 1. The SMILES string of the molecule is CC(=O)N1N=C([C@H](C)Nc2ccc(Cl)cc2)O[C@H]1c1c2ccccc2cc2ccccc12. The molecule has 1 heterocycles. The maximum atomic E-state index is 12.6. The highest BCUT2D eigenvalue weighted by Crippen LogP contribution is 2.39. The normalized spacial score (nSPS) is 16.7. The molecular formula is C26H22ClN3O2.